The van der Waals surface area contributed by atoms with Crippen molar-refractivity contribution in [1.82, 2.24) is 4.90 Å². The molecular weight excluding hydrogens is 350 g/mol. The summed E-state index contributed by atoms with van der Waals surface area (Å²) in [7, 11) is 0. The lowest BCUT2D eigenvalue weighted by atomic mass is 10.2. The summed E-state index contributed by atoms with van der Waals surface area (Å²) >= 11 is 5.98. The third kappa shape index (κ3) is 4.30. The van der Waals surface area contributed by atoms with Gasteiger partial charge in [0, 0.05) is 0 Å². The van der Waals surface area contributed by atoms with Crippen LogP contribution in [-0.2, 0) is 14.4 Å². The van der Waals surface area contributed by atoms with Crippen LogP contribution in [0.15, 0.2) is 47.4 Å². The van der Waals surface area contributed by atoms with Gasteiger partial charge in [0.15, 0.2) is 0 Å². The molecule has 0 spiro atoms. The van der Waals surface area contributed by atoms with E-state index in [0.717, 1.165) is 22.2 Å². The van der Waals surface area contributed by atoms with E-state index in [-0.39, 0.29) is 9.23 Å². The molecule has 24 heavy (non-hydrogen) atoms. The third-order valence-electron chi connectivity index (χ3n) is 3.12. The largest absolute Gasteiger partial charge is 0.481 e. The van der Waals surface area contributed by atoms with Crippen LogP contribution in [-0.4, -0.2) is 43.3 Å². The molecule has 1 atom stereocenters. The number of rotatable bonds is 6. The molecule has 0 saturated carbocycles. The fraction of sp³-hybridized carbons (Fsp3) is 0.125. The number of nitrogens with zero attached hydrogens (tertiary/aromatic N) is 1. The van der Waals surface area contributed by atoms with Crippen LogP contribution in [0.1, 0.15) is 12.0 Å². The number of benzene rings is 1. The lowest BCUT2D eigenvalue weighted by molar-refractivity contribution is -0.150. The highest BCUT2D eigenvalue weighted by Gasteiger charge is 2.41. The van der Waals surface area contributed by atoms with Gasteiger partial charge in [-0.05, 0) is 11.6 Å². The molecule has 1 aromatic carbocycles. The second-order valence-corrected chi connectivity index (χ2v) is 6.47. The van der Waals surface area contributed by atoms with Gasteiger partial charge in [-0.1, -0.05) is 66.5 Å². The summed E-state index contributed by atoms with van der Waals surface area (Å²) in [6.45, 7) is 0. The van der Waals surface area contributed by atoms with Crippen LogP contribution in [0.3, 0.4) is 0 Å². The SMILES string of the molecule is O=C(O)CC(C(=O)O)N1C(=O)/C(=C\C=C\c2ccccc2)SC1=S. The summed E-state index contributed by atoms with van der Waals surface area (Å²) in [4.78, 5) is 35.5. The number of hydrogen-bond acceptors (Lipinski definition) is 5. The predicted molar refractivity (Wildman–Crippen MR) is 94.3 cm³/mol. The van der Waals surface area contributed by atoms with Gasteiger partial charge in [0.1, 0.15) is 10.4 Å². The minimum absolute atomic E-state index is 0.0352. The van der Waals surface area contributed by atoms with Gasteiger partial charge in [-0.15, -0.1) is 0 Å². The molecule has 1 heterocycles. The highest BCUT2D eigenvalue weighted by atomic mass is 32.2. The van der Waals surface area contributed by atoms with Crippen LogP contribution in [0, 0.1) is 0 Å². The summed E-state index contributed by atoms with van der Waals surface area (Å²) < 4.78 is 0.0352. The van der Waals surface area contributed by atoms with E-state index in [0.29, 0.717) is 0 Å². The zero-order valence-corrected chi connectivity index (χ0v) is 13.9. The number of carbonyl (C=O) groups is 3. The van der Waals surface area contributed by atoms with Crippen LogP contribution >= 0.6 is 24.0 Å². The van der Waals surface area contributed by atoms with Crippen molar-refractivity contribution >= 4 is 52.2 Å². The Balaban J connectivity index is 2.18. The number of carboxylic acids is 2. The van der Waals surface area contributed by atoms with Gasteiger partial charge >= 0.3 is 11.9 Å². The average Bonchev–Trinajstić information content (AvgIpc) is 2.80. The first-order valence-corrected chi connectivity index (χ1v) is 8.06. The average molecular weight is 363 g/mol. The van der Waals surface area contributed by atoms with Crippen molar-refractivity contribution in [2.24, 2.45) is 0 Å². The maximum Gasteiger partial charge on any atom is 0.327 e. The lowest BCUT2D eigenvalue weighted by Gasteiger charge is -2.21. The number of amides is 1. The van der Waals surface area contributed by atoms with Gasteiger partial charge in [0.25, 0.3) is 5.91 Å². The molecule has 1 unspecified atom stereocenters. The smallest absolute Gasteiger partial charge is 0.327 e. The third-order valence-corrected chi connectivity index (χ3v) is 4.47. The van der Waals surface area contributed by atoms with Gasteiger partial charge in [-0.2, -0.15) is 0 Å². The molecule has 124 valence electrons. The molecule has 1 saturated heterocycles. The molecule has 1 fully saturated rings. The Hall–Kier alpha value is -2.45. The quantitative estimate of drug-likeness (QED) is 0.592. The Labute approximate surface area is 147 Å². The van der Waals surface area contributed by atoms with Crippen molar-refractivity contribution in [1.29, 1.82) is 0 Å². The fourth-order valence-corrected chi connectivity index (χ4v) is 3.34. The summed E-state index contributed by atoms with van der Waals surface area (Å²) in [5.41, 5.74) is 0.943. The van der Waals surface area contributed by atoms with E-state index in [1.54, 1.807) is 12.2 Å². The standard InChI is InChI=1S/C16H13NO5S2/c18-13(19)9-11(15(21)22)17-14(20)12(24-16(17)23)8-4-7-10-5-2-1-3-6-10/h1-8,11H,9H2,(H,18,19)(H,21,22)/b7-4+,12-8+. The van der Waals surface area contributed by atoms with Gasteiger partial charge < -0.3 is 10.2 Å². The first kappa shape index (κ1) is 17.9. The van der Waals surface area contributed by atoms with Crippen LogP contribution in [0.5, 0.6) is 0 Å². The van der Waals surface area contributed by atoms with Crippen LogP contribution < -0.4 is 0 Å². The molecule has 1 aromatic rings. The van der Waals surface area contributed by atoms with Crippen molar-refractivity contribution in [2.75, 3.05) is 0 Å². The zero-order chi connectivity index (χ0) is 17.7. The predicted octanol–water partition coefficient (Wildman–Crippen LogP) is 2.37. The molecule has 6 nitrogen and oxygen atoms in total. The maximum absolute atomic E-state index is 12.3. The lowest BCUT2D eigenvalue weighted by Crippen LogP contribution is -2.45. The number of aliphatic carboxylic acids is 2. The Kier molecular flexibility index (Phi) is 5.88. The molecule has 1 aliphatic rings. The molecule has 0 aliphatic carbocycles. The number of hydrogen-bond donors (Lipinski definition) is 2. The number of allylic oxidation sites excluding steroid dienone is 2. The highest BCUT2D eigenvalue weighted by molar-refractivity contribution is 8.26. The van der Waals surface area contributed by atoms with Crippen molar-refractivity contribution < 1.29 is 24.6 Å². The Bertz CT molecular complexity index is 742. The monoisotopic (exact) mass is 363 g/mol. The summed E-state index contributed by atoms with van der Waals surface area (Å²) in [5.74, 6) is -3.32. The number of carboxylic acid groups (broad SMARTS) is 2. The van der Waals surface area contributed by atoms with E-state index >= 15 is 0 Å². The number of thiocarbonyl (C=S) groups is 1. The van der Waals surface area contributed by atoms with Crippen LogP contribution in [0.2, 0.25) is 0 Å². The maximum atomic E-state index is 12.3. The van der Waals surface area contributed by atoms with E-state index < -0.39 is 30.3 Å². The Morgan fingerprint density at radius 3 is 2.50 bits per heavy atom. The Morgan fingerprint density at radius 1 is 1.25 bits per heavy atom. The topological polar surface area (TPSA) is 94.9 Å². The molecule has 2 rings (SSSR count). The minimum atomic E-state index is -1.51. The fourth-order valence-electron chi connectivity index (χ4n) is 2.03. The van der Waals surface area contributed by atoms with Crippen molar-refractivity contribution in [2.45, 2.75) is 12.5 Å². The van der Waals surface area contributed by atoms with Gasteiger partial charge in [0.05, 0.1) is 11.3 Å². The van der Waals surface area contributed by atoms with E-state index in [1.807, 2.05) is 30.3 Å². The van der Waals surface area contributed by atoms with Gasteiger partial charge in [-0.3, -0.25) is 14.5 Å². The molecule has 0 aromatic heterocycles. The molecule has 1 aliphatic heterocycles. The van der Waals surface area contributed by atoms with Gasteiger partial charge in [-0.25, -0.2) is 4.79 Å². The van der Waals surface area contributed by atoms with Crippen LogP contribution in [0.25, 0.3) is 6.08 Å². The van der Waals surface area contributed by atoms with E-state index in [1.165, 1.54) is 6.08 Å². The van der Waals surface area contributed by atoms with Crippen molar-refractivity contribution in [3.05, 3.63) is 53.0 Å². The normalized spacial score (nSPS) is 17.7. The van der Waals surface area contributed by atoms with E-state index in [4.69, 9.17) is 22.4 Å². The second kappa shape index (κ2) is 7.89. The first-order chi connectivity index (χ1) is 11.4. The van der Waals surface area contributed by atoms with E-state index in [2.05, 4.69) is 0 Å². The molecule has 0 radical (unpaired) electrons. The van der Waals surface area contributed by atoms with Gasteiger partial charge in [0.2, 0.25) is 0 Å². The summed E-state index contributed by atoms with van der Waals surface area (Å²) in [6, 6.07) is 7.91. The molecule has 1 amide bonds. The first-order valence-electron chi connectivity index (χ1n) is 6.83. The van der Waals surface area contributed by atoms with Crippen LogP contribution in [0.4, 0.5) is 0 Å². The highest BCUT2D eigenvalue weighted by Crippen LogP contribution is 2.33. The zero-order valence-electron chi connectivity index (χ0n) is 12.3. The van der Waals surface area contributed by atoms with Crippen molar-refractivity contribution in [3.63, 3.8) is 0 Å². The summed E-state index contributed by atoms with van der Waals surface area (Å²) in [5, 5.41) is 18.0. The Morgan fingerprint density at radius 2 is 1.92 bits per heavy atom. The minimum Gasteiger partial charge on any atom is -0.481 e. The molecule has 0 bridgehead atoms. The molecule has 8 heteroatoms. The second-order valence-electron chi connectivity index (χ2n) is 4.80. The number of thioether (sulfide) groups is 1. The van der Waals surface area contributed by atoms with E-state index in [9.17, 15) is 14.4 Å². The summed E-state index contributed by atoms with van der Waals surface area (Å²) in [6.07, 6.45) is 4.27. The molecule has 2 N–H and O–H groups in total. The molecular formula is C16H13NO5S2. The van der Waals surface area contributed by atoms with Crippen molar-refractivity contribution in [3.8, 4) is 0 Å². The number of carbonyl (C=O) groups excluding carboxylic acids is 1.